The van der Waals surface area contributed by atoms with Crippen molar-refractivity contribution < 1.29 is 4.74 Å². The topological polar surface area (TPSA) is 39.9 Å². The van der Waals surface area contributed by atoms with Crippen LogP contribution in [0, 0.1) is 13.8 Å². The van der Waals surface area contributed by atoms with Crippen molar-refractivity contribution in [3.63, 3.8) is 0 Å². The van der Waals surface area contributed by atoms with E-state index in [1.54, 1.807) is 7.11 Å². The number of hydrogen-bond acceptors (Lipinski definition) is 3. The number of hydrogen-bond donors (Lipinski definition) is 0. The number of nitrogens with zero attached hydrogens (tertiary/aromatic N) is 3. The van der Waals surface area contributed by atoms with Gasteiger partial charge < -0.3 is 9.30 Å². The smallest absolute Gasteiger partial charge is 0.0917 e. The van der Waals surface area contributed by atoms with Crippen LogP contribution < -0.4 is 0 Å². The third kappa shape index (κ3) is 3.06. The molecule has 3 aromatic rings. The van der Waals surface area contributed by atoms with Gasteiger partial charge in [0.2, 0.25) is 0 Å². The quantitative estimate of drug-likeness (QED) is 0.695. The molecule has 0 bridgehead atoms. The molecule has 0 spiro atoms. The second-order valence-corrected chi connectivity index (χ2v) is 6.65. The monoisotopic (exact) mass is 323 g/mol. The van der Waals surface area contributed by atoms with Crippen molar-refractivity contribution in [3.05, 3.63) is 47.4 Å². The van der Waals surface area contributed by atoms with E-state index in [-0.39, 0.29) is 0 Å². The van der Waals surface area contributed by atoms with Crippen LogP contribution in [0.25, 0.3) is 22.3 Å². The van der Waals surface area contributed by atoms with Gasteiger partial charge in [-0.15, -0.1) is 0 Å². The largest absolute Gasteiger partial charge is 0.383 e. The molecule has 0 aliphatic heterocycles. The molecule has 0 atom stereocenters. The fourth-order valence-corrected chi connectivity index (χ4v) is 3.03. The van der Waals surface area contributed by atoms with Gasteiger partial charge in [-0.1, -0.05) is 13.8 Å². The molecule has 0 saturated carbocycles. The van der Waals surface area contributed by atoms with Crippen LogP contribution in [-0.4, -0.2) is 28.3 Å². The van der Waals surface area contributed by atoms with Crippen molar-refractivity contribution in [1.82, 2.24) is 14.5 Å². The molecule has 3 heterocycles. The van der Waals surface area contributed by atoms with Crippen LogP contribution in [0.15, 0.2) is 30.6 Å². The minimum absolute atomic E-state index is 0.438. The molecule has 0 unspecified atom stereocenters. The lowest BCUT2D eigenvalue weighted by molar-refractivity contribution is 0.188. The molecule has 4 nitrogen and oxygen atoms in total. The third-order valence-electron chi connectivity index (χ3n) is 4.41. The average molecular weight is 323 g/mol. The summed E-state index contributed by atoms with van der Waals surface area (Å²) in [4.78, 5) is 9.53. The molecule has 0 amide bonds. The first kappa shape index (κ1) is 16.7. The predicted octanol–water partition coefficient (Wildman–Crippen LogP) is 4.48. The van der Waals surface area contributed by atoms with Crippen LogP contribution in [0.5, 0.6) is 0 Å². The highest BCUT2D eigenvalue weighted by Gasteiger charge is 2.12. The molecule has 0 fully saturated rings. The standard InChI is InChI=1S/C20H25N3O/c1-13(2)17-7-6-16(11-21-17)19-14(3)10-18-20(22-19)15(4)12-23(18)8-9-24-5/h6-7,10-13H,8-9H2,1-5H3. The Morgan fingerprint density at radius 3 is 2.58 bits per heavy atom. The molecule has 4 heteroatoms. The Bertz CT molecular complexity index is 847. The van der Waals surface area contributed by atoms with Crippen molar-refractivity contribution in [3.8, 4) is 11.3 Å². The van der Waals surface area contributed by atoms with Gasteiger partial charge >= 0.3 is 0 Å². The van der Waals surface area contributed by atoms with Crippen molar-refractivity contribution in [2.75, 3.05) is 13.7 Å². The number of fused-ring (bicyclic) bond motifs is 1. The molecule has 0 aliphatic rings. The lowest BCUT2D eigenvalue weighted by atomic mass is 10.0. The zero-order chi connectivity index (χ0) is 17.3. The van der Waals surface area contributed by atoms with Crippen LogP contribution in [-0.2, 0) is 11.3 Å². The molecule has 0 aliphatic carbocycles. The van der Waals surface area contributed by atoms with Gasteiger partial charge in [0.05, 0.1) is 23.3 Å². The van der Waals surface area contributed by atoms with Gasteiger partial charge in [0.25, 0.3) is 0 Å². The number of aromatic nitrogens is 3. The lowest BCUT2D eigenvalue weighted by Gasteiger charge is -2.10. The molecule has 126 valence electrons. The Morgan fingerprint density at radius 1 is 1.17 bits per heavy atom. The fourth-order valence-electron chi connectivity index (χ4n) is 3.03. The highest BCUT2D eigenvalue weighted by molar-refractivity contribution is 5.84. The maximum Gasteiger partial charge on any atom is 0.0917 e. The van der Waals surface area contributed by atoms with Gasteiger partial charge in [-0.3, -0.25) is 4.98 Å². The van der Waals surface area contributed by atoms with E-state index in [4.69, 9.17) is 9.72 Å². The van der Waals surface area contributed by atoms with E-state index in [0.717, 1.165) is 34.5 Å². The second kappa shape index (κ2) is 6.73. The van der Waals surface area contributed by atoms with Crippen LogP contribution in [0.4, 0.5) is 0 Å². The first-order valence-electron chi connectivity index (χ1n) is 8.43. The summed E-state index contributed by atoms with van der Waals surface area (Å²) in [5.41, 5.74) is 7.77. The van der Waals surface area contributed by atoms with Crippen LogP contribution in [0.2, 0.25) is 0 Å². The Morgan fingerprint density at radius 2 is 1.96 bits per heavy atom. The van der Waals surface area contributed by atoms with E-state index in [0.29, 0.717) is 12.5 Å². The molecule has 0 radical (unpaired) electrons. The molecule has 3 rings (SSSR count). The first-order chi connectivity index (χ1) is 11.5. The van der Waals surface area contributed by atoms with E-state index >= 15 is 0 Å². The number of pyridine rings is 2. The van der Waals surface area contributed by atoms with E-state index in [2.05, 4.69) is 61.6 Å². The summed E-state index contributed by atoms with van der Waals surface area (Å²) in [5.74, 6) is 0.438. The van der Waals surface area contributed by atoms with Gasteiger partial charge in [0, 0.05) is 37.3 Å². The SMILES string of the molecule is COCCn1cc(C)c2nc(-c3ccc(C(C)C)nc3)c(C)cc21. The van der Waals surface area contributed by atoms with Crippen LogP contribution >= 0.6 is 0 Å². The average Bonchev–Trinajstić information content (AvgIpc) is 2.87. The maximum atomic E-state index is 5.21. The summed E-state index contributed by atoms with van der Waals surface area (Å²) in [6, 6.07) is 6.44. The highest BCUT2D eigenvalue weighted by Crippen LogP contribution is 2.28. The molecular formula is C20H25N3O. The van der Waals surface area contributed by atoms with Crippen molar-refractivity contribution in [1.29, 1.82) is 0 Å². The highest BCUT2D eigenvalue weighted by atomic mass is 16.5. The summed E-state index contributed by atoms with van der Waals surface area (Å²) in [6.45, 7) is 10.1. The molecule has 0 aromatic carbocycles. The number of methoxy groups -OCH3 is 1. The van der Waals surface area contributed by atoms with Crippen LogP contribution in [0.3, 0.4) is 0 Å². The number of ether oxygens (including phenoxy) is 1. The molecule has 3 aromatic heterocycles. The summed E-state index contributed by atoms with van der Waals surface area (Å²) in [5, 5.41) is 0. The Kier molecular flexibility index (Phi) is 4.67. The molecule has 0 N–H and O–H groups in total. The lowest BCUT2D eigenvalue weighted by Crippen LogP contribution is -2.03. The number of aryl methyl sites for hydroxylation is 2. The number of rotatable bonds is 5. The van der Waals surface area contributed by atoms with Crippen molar-refractivity contribution in [2.45, 2.75) is 40.2 Å². The summed E-state index contributed by atoms with van der Waals surface area (Å²) < 4.78 is 7.43. The minimum Gasteiger partial charge on any atom is -0.383 e. The normalized spacial score (nSPS) is 11.6. The molecular weight excluding hydrogens is 298 g/mol. The Labute approximate surface area is 143 Å². The Hall–Kier alpha value is -2.20. The third-order valence-corrected chi connectivity index (χ3v) is 4.41. The van der Waals surface area contributed by atoms with E-state index in [1.165, 1.54) is 11.1 Å². The summed E-state index contributed by atoms with van der Waals surface area (Å²) >= 11 is 0. The Balaban J connectivity index is 2.06. The maximum absolute atomic E-state index is 5.21. The molecule has 0 saturated heterocycles. The summed E-state index contributed by atoms with van der Waals surface area (Å²) in [6.07, 6.45) is 4.09. The van der Waals surface area contributed by atoms with E-state index in [9.17, 15) is 0 Å². The molecule has 24 heavy (non-hydrogen) atoms. The van der Waals surface area contributed by atoms with E-state index in [1.807, 2.05) is 6.20 Å². The fraction of sp³-hybridized carbons (Fsp3) is 0.400. The van der Waals surface area contributed by atoms with Gasteiger partial charge in [0.1, 0.15) is 0 Å². The second-order valence-electron chi connectivity index (χ2n) is 6.65. The van der Waals surface area contributed by atoms with Crippen LogP contribution in [0.1, 0.15) is 36.6 Å². The first-order valence-corrected chi connectivity index (χ1v) is 8.43. The van der Waals surface area contributed by atoms with Gasteiger partial charge in [-0.05, 0) is 49.1 Å². The van der Waals surface area contributed by atoms with Gasteiger partial charge in [-0.2, -0.15) is 0 Å². The van der Waals surface area contributed by atoms with E-state index < -0.39 is 0 Å². The zero-order valence-corrected chi connectivity index (χ0v) is 15.1. The van der Waals surface area contributed by atoms with Gasteiger partial charge in [0.15, 0.2) is 0 Å². The zero-order valence-electron chi connectivity index (χ0n) is 15.1. The minimum atomic E-state index is 0.438. The predicted molar refractivity (Wildman–Crippen MR) is 98.4 cm³/mol. The van der Waals surface area contributed by atoms with Crippen molar-refractivity contribution in [2.24, 2.45) is 0 Å². The summed E-state index contributed by atoms with van der Waals surface area (Å²) in [7, 11) is 1.73. The van der Waals surface area contributed by atoms with Crippen molar-refractivity contribution >= 4 is 11.0 Å². The van der Waals surface area contributed by atoms with Gasteiger partial charge in [-0.25, -0.2) is 4.98 Å².